The molecule has 0 saturated carbocycles. The lowest BCUT2D eigenvalue weighted by atomic mass is 10.2. The van der Waals surface area contributed by atoms with Crippen LogP contribution in [0.3, 0.4) is 0 Å². The first-order valence-corrected chi connectivity index (χ1v) is 7.13. The summed E-state index contributed by atoms with van der Waals surface area (Å²) >= 11 is 1.84. The molecule has 0 aliphatic carbocycles. The second-order valence-corrected chi connectivity index (χ2v) is 6.67. The fraction of sp³-hybridized carbons (Fsp3) is 0.636. The largest absolute Gasteiger partial charge is 0.223 e. The molecule has 16 heavy (non-hydrogen) atoms. The highest BCUT2D eigenvalue weighted by Crippen LogP contribution is 2.14. The van der Waals surface area contributed by atoms with Crippen LogP contribution in [0.15, 0.2) is 16.8 Å². The molecule has 86 valence electrons. The van der Waals surface area contributed by atoms with E-state index in [-0.39, 0.29) is 0 Å². The van der Waals surface area contributed by atoms with Crippen molar-refractivity contribution >= 4 is 11.3 Å². The second-order valence-electron chi connectivity index (χ2n) is 5.89. The van der Waals surface area contributed by atoms with Gasteiger partial charge in [0.25, 0.3) is 0 Å². The van der Waals surface area contributed by atoms with Gasteiger partial charge in [-0.15, -0.1) is 0 Å². The topological polar surface area (TPSA) is 13.3 Å². The summed E-state index contributed by atoms with van der Waals surface area (Å²) in [5.41, 5.74) is 1.55. The SMILES string of the molecule is c1cc(C[N+]23C[NH+]4C[NH+](C[NH+](C4)C2)C3)cs1. The fourth-order valence-corrected chi connectivity index (χ4v) is 4.77. The Balaban J connectivity index is 1.62. The third-order valence-corrected chi connectivity index (χ3v) is 5.01. The molecule has 0 amide bonds. The summed E-state index contributed by atoms with van der Waals surface area (Å²) in [6.07, 6.45) is 0. The third kappa shape index (κ3) is 1.43. The van der Waals surface area contributed by atoms with Gasteiger partial charge in [-0.25, -0.2) is 0 Å². The van der Waals surface area contributed by atoms with Crippen molar-refractivity contribution in [1.29, 1.82) is 0 Å². The maximum Gasteiger partial charge on any atom is 0.223 e. The van der Waals surface area contributed by atoms with Gasteiger partial charge < -0.3 is 0 Å². The number of nitrogens with zero attached hydrogens (tertiary/aromatic N) is 1. The van der Waals surface area contributed by atoms with Gasteiger partial charge in [-0.1, -0.05) is 0 Å². The van der Waals surface area contributed by atoms with Crippen LogP contribution in [0.2, 0.25) is 0 Å². The van der Waals surface area contributed by atoms with E-state index in [0.717, 1.165) is 0 Å². The summed E-state index contributed by atoms with van der Waals surface area (Å²) in [5, 5.41) is 4.55. The Kier molecular flexibility index (Phi) is 1.95. The van der Waals surface area contributed by atoms with E-state index in [1.165, 1.54) is 51.0 Å². The van der Waals surface area contributed by atoms with Gasteiger partial charge in [0.1, 0.15) is 6.54 Å². The first kappa shape index (κ1) is 9.56. The Morgan fingerprint density at radius 3 is 2.19 bits per heavy atom. The maximum atomic E-state index is 2.33. The Bertz CT molecular complexity index is 353. The predicted molar refractivity (Wildman–Crippen MR) is 60.4 cm³/mol. The quantitative estimate of drug-likeness (QED) is 0.444. The van der Waals surface area contributed by atoms with Gasteiger partial charge in [0.15, 0.2) is 0 Å². The first-order valence-electron chi connectivity index (χ1n) is 6.18. The number of rotatable bonds is 2. The number of hydrogen-bond donors (Lipinski definition) is 3. The van der Waals surface area contributed by atoms with Crippen LogP contribution < -0.4 is 14.7 Å². The fourth-order valence-electron chi connectivity index (χ4n) is 4.11. The molecule has 0 unspecified atom stereocenters. The molecule has 1 aromatic rings. The van der Waals surface area contributed by atoms with E-state index in [1.54, 1.807) is 5.56 Å². The smallest absolute Gasteiger partial charge is 0.195 e. The van der Waals surface area contributed by atoms with E-state index in [2.05, 4.69) is 16.8 Å². The minimum atomic E-state index is 1.26. The van der Waals surface area contributed by atoms with Crippen LogP contribution in [-0.2, 0) is 6.54 Å². The minimum absolute atomic E-state index is 1.26. The lowest BCUT2D eigenvalue weighted by Crippen LogP contribution is -3.57. The summed E-state index contributed by atoms with van der Waals surface area (Å²) < 4.78 is 1.33. The van der Waals surface area contributed by atoms with Crippen molar-refractivity contribution in [2.75, 3.05) is 40.0 Å². The Labute approximate surface area is 99.9 Å². The highest BCUT2D eigenvalue weighted by atomic mass is 32.1. The van der Waals surface area contributed by atoms with Crippen LogP contribution in [0, 0.1) is 0 Å². The van der Waals surface area contributed by atoms with E-state index in [1.807, 2.05) is 26.0 Å². The van der Waals surface area contributed by atoms with Crippen LogP contribution in [0.1, 0.15) is 5.56 Å². The van der Waals surface area contributed by atoms with E-state index in [0.29, 0.717) is 0 Å². The number of nitrogens with one attached hydrogen (secondary N) is 3. The average molecular weight is 240 g/mol. The average Bonchev–Trinajstić information content (AvgIpc) is 2.66. The van der Waals surface area contributed by atoms with Gasteiger partial charge in [-0.2, -0.15) is 30.5 Å². The summed E-state index contributed by atoms with van der Waals surface area (Å²) in [7, 11) is 0. The molecule has 4 aliphatic heterocycles. The van der Waals surface area contributed by atoms with Crippen molar-refractivity contribution in [2.24, 2.45) is 0 Å². The number of hydrogen-bond acceptors (Lipinski definition) is 1. The zero-order valence-electron chi connectivity index (χ0n) is 9.54. The molecule has 5 rings (SSSR count). The van der Waals surface area contributed by atoms with Gasteiger partial charge in [-0.3, -0.25) is 0 Å². The van der Waals surface area contributed by atoms with Crippen LogP contribution in [-0.4, -0.2) is 44.5 Å². The molecule has 4 saturated heterocycles. The normalized spacial score (nSPS) is 45.1. The zero-order chi connectivity index (χ0) is 10.6. The molecule has 4 fully saturated rings. The van der Waals surface area contributed by atoms with Crippen molar-refractivity contribution in [1.82, 2.24) is 0 Å². The lowest BCUT2D eigenvalue weighted by Gasteiger charge is -2.52. The molecule has 0 radical (unpaired) electrons. The molecule has 4 nitrogen and oxygen atoms in total. The molecule has 5 heterocycles. The Morgan fingerprint density at radius 1 is 1.06 bits per heavy atom. The van der Waals surface area contributed by atoms with Crippen molar-refractivity contribution < 1.29 is 19.2 Å². The Morgan fingerprint density at radius 2 is 1.69 bits per heavy atom. The lowest BCUT2D eigenvalue weighted by molar-refractivity contribution is -1.43. The molecular formula is C11H20N4S+4. The Hall–Kier alpha value is -0.460. The predicted octanol–water partition coefficient (Wildman–Crippen LogP) is -3.49. The highest BCUT2D eigenvalue weighted by molar-refractivity contribution is 7.07. The van der Waals surface area contributed by atoms with E-state index in [4.69, 9.17) is 0 Å². The molecule has 0 spiro atoms. The second kappa shape index (κ2) is 3.27. The molecule has 0 aromatic carbocycles. The zero-order valence-corrected chi connectivity index (χ0v) is 10.4. The molecule has 3 N–H and O–H groups in total. The highest BCUT2D eigenvalue weighted by Gasteiger charge is 2.56. The van der Waals surface area contributed by atoms with E-state index < -0.39 is 0 Å². The standard InChI is InChI=1S/C11H17N4S/c1-2-16-4-11(1)3-15-8-12-5-13(9-15)7-14(6-12)10-15/h1-2,4H,3,5-10H2/q+1/p+3. The van der Waals surface area contributed by atoms with Crippen molar-refractivity contribution in [3.8, 4) is 0 Å². The van der Waals surface area contributed by atoms with Gasteiger partial charge in [-0.05, 0) is 16.8 Å². The van der Waals surface area contributed by atoms with E-state index in [9.17, 15) is 0 Å². The van der Waals surface area contributed by atoms with Crippen LogP contribution >= 0.6 is 11.3 Å². The number of thiophene rings is 1. The summed E-state index contributed by atoms with van der Waals surface area (Å²) in [5.74, 6) is 0. The molecule has 4 bridgehead atoms. The van der Waals surface area contributed by atoms with Crippen molar-refractivity contribution in [2.45, 2.75) is 6.54 Å². The first-order chi connectivity index (χ1) is 7.81. The molecular weight excluding hydrogens is 220 g/mol. The third-order valence-electron chi connectivity index (χ3n) is 4.28. The maximum absolute atomic E-state index is 2.33. The summed E-state index contributed by atoms with van der Waals surface area (Å²) in [4.78, 5) is 5.47. The van der Waals surface area contributed by atoms with Gasteiger partial charge in [0.05, 0.1) is 0 Å². The number of quaternary nitrogens is 4. The van der Waals surface area contributed by atoms with Crippen LogP contribution in [0.25, 0.3) is 0 Å². The van der Waals surface area contributed by atoms with Gasteiger partial charge in [0, 0.05) is 5.56 Å². The van der Waals surface area contributed by atoms with Crippen molar-refractivity contribution in [3.05, 3.63) is 22.4 Å². The summed E-state index contributed by atoms with van der Waals surface area (Å²) in [6.45, 7) is 9.46. The molecule has 4 aliphatic rings. The molecule has 5 heteroatoms. The molecule has 1 aromatic heterocycles. The molecule has 0 atom stereocenters. The van der Waals surface area contributed by atoms with Crippen LogP contribution in [0.4, 0.5) is 0 Å². The van der Waals surface area contributed by atoms with Gasteiger partial charge in [0.2, 0.25) is 40.0 Å². The van der Waals surface area contributed by atoms with E-state index >= 15 is 0 Å². The summed E-state index contributed by atoms with van der Waals surface area (Å²) in [6, 6.07) is 2.31. The monoisotopic (exact) mass is 240 g/mol. The van der Waals surface area contributed by atoms with Gasteiger partial charge >= 0.3 is 0 Å². The van der Waals surface area contributed by atoms with Crippen LogP contribution in [0.5, 0.6) is 0 Å². The van der Waals surface area contributed by atoms with Crippen molar-refractivity contribution in [3.63, 3.8) is 0 Å². The minimum Gasteiger partial charge on any atom is -0.195 e.